The number of hydrogen-bond acceptors (Lipinski definition) is 4. The number of ether oxygens (including phenoxy) is 1. The summed E-state index contributed by atoms with van der Waals surface area (Å²) in [6.45, 7) is 0. The molecule has 6 nitrogen and oxygen atoms in total. The molecule has 0 heterocycles. The van der Waals surface area contributed by atoms with Gasteiger partial charge in [0.2, 0.25) is 0 Å². The van der Waals surface area contributed by atoms with Crippen molar-refractivity contribution in [3.8, 4) is 0 Å². The van der Waals surface area contributed by atoms with E-state index in [1.807, 2.05) is 0 Å². The van der Waals surface area contributed by atoms with Gasteiger partial charge in [-0.25, -0.2) is 9.18 Å². The summed E-state index contributed by atoms with van der Waals surface area (Å²) < 4.78 is 17.0. The number of hydrogen-bond donors (Lipinski definition) is 2. The summed E-state index contributed by atoms with van der Waals surface area (Å²) in [7, 11) is 1.11. The monoisotopic (exact) mass is 269 g/mol. The molecule has 1 atom stereocenters. The predicted molar refractivity (Wildman–Crippen MR) is 61.9 cm³/mol. The van der Waals surface area contributed by atoms with Crippen molar-refractivity contribution in [3.63, 3.8) is 0 Å². The molecule has 1 rings (SSSR count). The third kappa shape index (κ3) is 4.38. The summed E-state index contributed by atoms with van der Waals surface area (Å²) in [5.41, 5.74) is 0.0949. The minimum absolute atomic E-state index is 0.0949. The van der Waals surface area contributed by atoms with Crippen molar-refractivity contribution in [2.24, 2.45) is 0 Å². The highest BCUT2D eigenvalue weighted by Gasteiger charge is 2.24. The van der Waals surface area contributed by atoms with Crippen LogP contribution in [0, 0.1) is 5.82 Å². The van der Waals surface area contributed by atoms with Gasteiger partial charge in [0.15, 0.2) is 0 Å². The van der Waals surface area contributed by atoms with E-state index in [-0.39, 0.29) is 5.56 Å². The van der Waals surface area contributed by atoms with Crippen molar-refractivity contribution < 1.29 is 28.6 Å². The number of aliphatic carboxylic acids is 1. The van der Waals surface area contributed by atoms with Crippen LogP contribution in [-0.4, -0.2) is 36.1 Å². The van der Waals surface area contributed by atoms with Crippen molar-refractivity contribution in [1.82, 2.24) is 5.32 Å². The fraction of sp³-hybridized carbons (Fsp3) is 0.250. The van der Waals surface area contributed by atoms with Crippen LogP contribution in [0.3, 0.4) is 0 Å². The van der Waals surface area contributed by atoms with Crippen LogP contribution in [-0.2, 0) is 14.3 Å². The van der Waals surface area contributed by atoms with E-state index in [1.54, 1.807) is 0 Å². The fourth-order valence-electron chi connectivity index (χ4n) is 1.29. The molecule has 102 valence electrons. The Morgan fingerprint density at radius 2 is 1.89 bits per heavy atom. The Morgan fingerprint density at radius 1 is 1.32 bits per heavy atom. The largest absolute Gasteiger partial charge is 0.480 e. The second-order valence-electron chi connectivity index (χ2n) is 3.65. The molecule has 0 aliphatic rings. The molecule has 2 N–H and O–H groups in total. The first-order valence-electron chi connectivity index (χ1n) is 5.30. The van der Waals surface area contributed by atoms with Crippen molar-refractivity contribution in [3.05, 3.63) is 35.6 Å². The van der Waals surface area contributed by atoms with Gasteiger partial charge in [0.1, 0.15) is 11.9 Å². The van der Waals surface area contributed by atoms with Gasteiger partial charge < -0.3 is 15.2 Å². The first-order valence-corrected chi connectivity index (χ1v) is 5.30. The number of carbonyl (C=O) groups excluding carboxylic acids is 2. The van der Waals surface area contributed by atoms with Crippen LogP contribution in [0.4, 0.5) is 4.39 Å². The van der Waals surface area contributed by atoms with E-state index in [1.165, 1.54) is 12.1 Å². The number of halogens is 1. The Balaban J connectivity index is 2.73. The smallest absolute Gasteiger partial charge is 0.326 e. The summed E-state index contributed by atoms with van der Waals surface area (Å²) in [4.78, 5) is 33.6. The lowest BCUT2D eigenvalue weighted by Crippen LogP contribution is -2.42. The Bertz CT molecular complexity index is 485. The molecule has 0 aliphatic heterocycles. The first-order chi connectivity index (χ1) is 8.93. The van der Waals surface area contributed by atoms with Crippen molar-refractivity contribution >= 4 is 17.8 Å². The number of nitrogens with one attached hydrogen (secondary N) is 1. The lowest BCUT2D eigenvalue weighted by molar-refractivity contribution is -0.147. The van der Waals surface area contributed by atoms with Crippen LogP contribution < -0.4 is 5.32 Å². The molecule has 0 aromatic heterocycles. The number of esters is 1. The molecule has 0 bridgehead atoms. The Hall–Kier alpha value is -2.44. The molecular weight excluding hydrogens is 257 g/mol. The highest BCUT2D eigenvalue weighted by atomic mass is 19.1. The quantitative estimate of drug-likeness (QED) is 0.762. The number of carboxylic acids is 1. The van der Waals surface area contributed by atoms with E-state index in [2.05, 4.69) is 10.1 Å². The average molecular weight is 269 g/mol. The van der Waals surface area contributed by atoms with Crippen LogP contribution in [0.25, 0.3) is 0 Å². The number of benzene rings is 1. The molecule has 1 aromatic rings. The van der Waals surface area contributed by atoms with E-state index < -0.39 is 36.1 Å². The molecular formula is C12H12FNO5. The summed E-state index contributed by atoms with van der Waals surface area (Å²) in [5.74, 6) is -3.34. The SMILES string of the molecule is COC(=O)CC(NC(=O)c1ccc(F)cc1)C(=O)O. The van der Waals surface area contributed by atoms with Gasteiger partial charge in [-0.1, -0.05) is 0 Å². The highest BCUT2D eigenvalue weighted by molar-refractivity contribution is 5.97. The Morgan fingerprint density at radius 3 is 2.37 bits per heavy atom. The third-order valence-corrected chi connectivity index (χ3v) is 2.31. The Labute approximate surface area is 108 Å². The molecule has 1 unspecified atom stereocenters. The minimum Gasteiger partial charge on any atom is -0.480 e. The van der Waals surface area contributed by atoms with Gasteiger partial charge in [0.05, 0.1) is 13.5 Å². The lowest BCUT2D eigenvalue weighted by atomic mass is 10.1. The number of rotatable bonds is 5. The van der Waals surface area contributed by atoms with Crippen molar-refractivity contribution in [2.75, 3.05) is 7.11 Å². The van der Waals surface area contributed by atoms with Gasteiger partial charge in [0, 0.05) is 5.56 Å². The molecule has 19 heavy (non-hydrogen) atoms. The average Bonchev–Trinajstić information content (AvgIpc) is 2.38. The molecule has 7 heteroatoms. The molecule has 1 aromatic carbocycles. The normalized spacial score (nSPS) is 11.5. The van der Waals surface area contributed by atoms with Crippen LogP contribution in [0.2, 0.25) is 0 Å². The molecule has 1 amide bonds. The first kappa shape index (κ1) is 14.6. The summed E-state index contributed by atoms with van der Waals surface area (Å²) in [5, 5.41) is 11.0. The maximum Gasteiger partial charge on any atom is 0.326 e. The molecule has 0 spiro atoms. The van der Waals surface area contributed by atoms with Crippen LogP contribution in [0.1, 0.15) is 16.8 Å². The van der Waals surface area contributed by atoms with E-state index in [0.717, 1.165) is 19.2 Å². The zero-order valence-corrected chi connectivity index (χ0v) is 10.1. The van der Waals surface area contributed by atoms with E-state index in [4.69, 9.17) is 5.11 Å². The van der Waals surface area contributed by atoms with Gasteiger partial charge in [0.25, 0.3) is 5.91 Å². The standard InChI is InChI=1S/C12H12FNO5/c1-19-10(15)6-9(12(17)18)14-11(16)7-2-4-8(13)5-3-7/h2-5,9H,6H2,1H3,(H,14,16)(H,17,18). The second-order valence-corrected chi connectivity index (χ2v) is 3.65. The van der Waals surface area contributed by atoms with Gasteiger partial charge in [-0.2, -0.15) is 0 Å². The number of carbonyl (C=O) groups is 3. The topological polar surface area (TPSA) is 92.7 Å². The molecule has 0 fully saturated rings. The van der Waals surface area contributed by atoms with E-state index in [9.17, 15) is 18.8 Å². The van der Waals surface area contributed by atoms with Crippen LogP contribution in [0.5, 0.6) is 0 Å². The number of amides is 1. The van der Waals surface area contributed by atoms with Gasteiger partial charge >= 0.3 is 11.9 Å². The van der Waals surface area contributed by atoms with E-state index >= 15 is 0 Å². The molecule has 0 saturated carbocycles. The van der Waals surface area contributed by atoms with Gasteiger partial charge in [-0.05, 0) is 24.3 Å². The van der Waals surface area contributed by atoms with Crippen LogP contribution >= 0.6 is 0 Å². The van der Waals surface area contributed by atoms with E-state index in [0.29, 0.717) is 0 Å². The van der Waals surface area contributed by atoms with Gasteiger partial charge in [-0.15, -0.1) is 0 Å². The Kier molecular flexibility index (Phi) is 4.99. The molecule has 0 aliphatic carbocycles. The second kappa shape index (κ2) is 6.48. The van der Waals surface area contributed by atoms with Crippen molar-refractivity contribution in [2.45, 2.75) is 12.5 Å². The molecule has 0 radical (unpaired) electrons. The minimum atomic E-state index is -1.40. The van der Waals surface area contributed by atoms with Crippen molar-refractivity contribution in [1.29, 1.82) is 0 Å². The maximum atomic E-state index is 12.7. The summed E-state index contributed by atoms with van der Waals surface area (Å²) >= 11 is 0. The maximum absolute atomic E-state index is 12.7. The molecule has 0 saturated heterocycles. The van der Waals surface area contributed by atoms with Gasteiger partial charge in [-0.3, -0.25) is 9.59 Å². The fourth-order valence-corrected chi connectivity index (χ4v) is 1.29. The number of carboxylic acid groups (broad SMARTS) is 1. The zero-order valence-electron chi connectivity index (χ0n) is 10.1. The predicted octanol–water partition coefficient (Wildman–Crippen LogP) is 0.572. The summed E-state index contributed by atoms with van der Waals surface area (Å²) in [6, 6.07) is 3.17. The lowest BCUT2D eigenvalue weighted by Gasteiger charge is -2.13. The van der Waals surface area contributed by atoms with Crippen LogP contribution in [0.15, 0.2) is 24.3 Å². The third-order valence-electron chi connectivity index (χ3n) is 2.31. The zero-order chi connectivity index (χ0) is 14.4. The number of methoxy groups -OCH3 is 1. The highest BCUT2D eigenvalue weighted by Crippen LogP contribution is 2.04. The summed E-state index contributed by atoms with van der Waals surface area (Å²) in [6.07, 6.45) is -0.487.